The molecule has 0 spiro atoms. The van der Waals surface area contributed by atoms with Crippen LogP contribution in [0.2, 0.25) is 0 Å². The van der Waals surface area contributed by atoms with E-state index in [1.165, 1.54) is 33.4 Å². The average Bonchev–Trinajstić information content (AvgIpc) is 2.33. The third-order valence-electron chi connectivity index (χ3n) is 3.94. The maximum Gasteiger partial charge on any atom is -0.00256 e. The van der Waals surface area contributed by atoms with E-state index < -0.39 is 0 Å². The van der Waals surface area contributed by atoms with E-state index in [4.69, 9.17) is 0 Å². The molecule has 0 nitrogen and oxygen atoms in total. The van der Waals surface area contributed by atoms with Gasteiger partial charge in [-0.1, -0.05) is 50.2 Å². The Bertz CT molecular complexity index is 577. The lowest BCUT2D eigenvalue weighted by molar-refractivity contribution is 0.855. The van der Waals surface area contributed by atoms with Crippen LogP contribution >= 0.6 is 0 Å². The van der Waals surface area contributed by atoms with E-state index >= 15 is 0 Å². The van der Waals surface area contributed by atoms with E-state index in [2.05, 4.69) is 71.0 Å². The largest absolute Gasteiger partial charge is 0.0588 e. The van der Waals surface area contributed by atoms with Crippen LogP contribution in [-0.2, 0) is 6.42 Å². The van der Waals surface area contributed by atoms with Crippen LogP contribution in [0, 0.1) is 20.8 Å². The fourth-order valence-electron chi connectivity index (χ4n) is 2.64. The molecule has 2 rings (SSSR count). The van der Waals surface area contributed by atoms with Crippen molar-refractivity contribution < 1.29 is 0 Å². The molecule has 0 unspecified atom stereocenters. The van der Waals surface area contributed by atoms with Gasteiger partial charge in [0.2, 0.25) is 0 Å². The molecular weight excluding hydrogens is 228 g/mol. The highest BCUT2D eigenvalue weighted by atomic mass is 14.1. The smallest absolute Gasteiger partial charge is 0.00256 e. The summed E-state index contributed by atoms with van der Waals surface area (Å²) in [6.07, 6.45) is 1.03. The van der Waals surface area contributed by atoms with E-state index in [0.29, 0.717) is 5.92 Å². The Labute approximate surface area is 117 Å². The highest BCUT2D eigenvalue weighted by Crippen LogP contribution is 2.22. The van der Waals surface area contributed by atoms with Crippen molar-refractivity contribution in [3.8, 4) is 0 Å². The number of benzene rings is 2. The standard InChI is InChI=1S/C19H24/c1-13(2)19-9-8-18(11-16(19)5)12-17-7-6-14(3)15(4)10-17/h6-11,13H,12H2,1-5H3. The highest BCUT2D eigenvalue weighted by Gasteiger charge is 2.05. The van der Waals surface area contributed by atoms with Gasteiger partial charge in [0.25, 0.3) is 0 Å². The first-order valence-electron chi connectivity index (χ1n) is 7.13. The van der Waals surface area contributed by atoms with Crippen molar-refractivity contribution in [3.63, 3.8) is 0 Å². The van der Waals surface area contributed by atoms with Gasteiger partial charge in [-0.3, -0.25) is 0 Å². The zero-order chi connectivity index (χ0) is 14.0. The van der Waals surface area contributed by atoms with Crippen molar-refractivity contribution in [2.45, 2.75) is 47.0 Å². The van der Waals surface area contributed by atoms with Crippen molar-refractivity contribution in [2.24, 2.45) is 0 Å². The number of aryl methyl sites for hydroxylation is 3. The minimum Gasteiger partial charge on any atom is -0.0588 e. The van der Waals surface area contributed by atoms with Gasteiger partial charge < -0.3 is 0 Å². The van der Waals surface area contributed by atoms with Crippen LogP contribution in [0.15, 0.2) is 36.4 Å². The molecule has 0 radical (unpaired) electrons. The third-order valence-corrected chi connectivity index (χ3v) is 3.94. The maximum atomic E-state index is 2.34. The molecule has 0 heterocycles. The van der Waals surface area contributed by atoms with Gasteiger partial charge in [-0.2, -0.15) is 0 Å². The molecule has 0 saturated heterocycles. The molecule has 0 heteroatoms. The molecule has 0 bridgehead atoms. The molecule has 0 saturated carbocycles. The molecule has 0 atom stereocenters. The van der Waals surface area contributed by atoms with Gasteiger partial charge in [0.05, 0.1) is 0 Å². The second-order valence-corrected chi connectivity index (χ2v) is 5.94. The van der Waals surface area contributed by atoms with E-state index in [1.54, 1.807) is 0 Å². The van der Waals surface area contributed by atoms with Gasteiger partial charge in [0, 0.05) is 0 Å². The normalized spacial score (nSPS) is 11.1. The van der Waals surface area contributed by atoms with Crippen LogP contribution in [0.3, 0.4) is 0 Å². The summed E-state index contributed by atoms with van der Waals surface area (Å²) < 4.78 is 0. The lowest BCUT2D eigenvalue weighted by Crippen LogP contribution is -1.96. The van der Waals surface area contributed by atoms with E-state index in [0.717, 1.165) is 6.42 Å². The molecule has 0 aliphatic rings. The summed E-state index contributed by atoms with van der Waals surface area (Å²) in [5, 5.41) is 0. The average molecular weight is 252 g/mol. The molecule has 0 aromatic heterocycles. The molecular formula is C19H24. The van der Waals surface area contributed by atoms with Gasteiger partial charge >= 0.3 is 0 Å². The Kier molecular flexibility index (Phi) is 4.09. The van der Waals surface area contributed by atoms with Gasteiger partial charge in [-0.05, 0) is 66.5 Å². The van der Waals surface area contributed by atoms with Crippen LogP contribution in [0.4, 0.5) is 0 Å². The minimum atomic E-state index is 0.607. The lowest BCUT2D eigenvalue weighted by Gasteiger charge is -2.12. The zero-order valence-corrected chi connectivity index (χ0v) is 12.7. The summed E-state index contributed by atoms with van der Waals surface area (Å²) in [7, 11) is 0. The lowest BCUT2D eigenvalue weighted by atomic mass is 9.93. The molecule has 100 valence electrons. The van der Waals surface area contributed by atoms with Gasteiger partial charge in [-0.15, -0.1) is 0 Å². The Morgan fingerprint density at radius 3 is 1.84 bits per heavy atom. The number of hydrogen-bond donors (Lipinski definition) is 0. The molecule has 2 aromatic rings. The van der Waals surface area contributed by atoms with E-state index in [1.807, 2.05) is 0 Å². The first-order valence-corrected chi connectivity index (χ1v) is 7.13. The van der Waals surface area contributed by atoms with Crippen molar-refractivity contribution >= 4 is 0 Å². The summed E-state index contributed by atoms with van der Waals surface area (Å²) in [6, 6.07) is 13.7. The fraction of sp³-hybridized carbons (Fsp3) is 0.368. The number of hydrogen-bond acceptors (Lipinski definition) is 0. The van der Waals surface area contributed by atoms with Crippen LogP contribution in [-0.4, -0.2) is 0 Å². The Morgan fingerprint density at radius 1 is 0.737 bits per heavy atom. The monoisotopic (exact) mass is 252 g/mol. The fourth-order valence-corrected chi connectivity index (χ4v) is 2.64. The SMILES string of the molecule is Cc1ccc(Cc2ccc(C(C)C)c(C)c2)cc1C. The molecule has 0 N–H and O–H groups in total. The first kappa shape index (κ1) is 13.9. The van der Waals surface area contributed by atoms with Crippen molar-refractivity contribution in [1.29, 1.82) is 0 Å². The van der Waals surface area contributed by atoms with Crippen molar-refractivity contribution in [2.75, 3.05) is 0 Å². The Morgan fingerprint density at radius 2 is 1.32 bits per heavy atom. The maximum absolute atomic E-state index is 2.34. The summed E-state index contributed by atoms with van der Waals surface area (Å²) in [4.78, 5) is 0. The van der Waals surface area contributed by atoms with E-state index in [9.17, 15) is 0 Å². The highest BCUT2D eigenvalue weighted by molar-refractivity contribution is 5.37. The molecule has 2 aromatic carbocycles. The summed E-state index contributed by atoms with van der Waals surface area (Å²) >= 11 is 0. The van der Waals surface area contributed by atoms with Crippen LogP contribution in [0.25, 0.3) is 0 Å². The topological polar surface area (TPSA) is 0 Å². The Hall–Kier alpha value is -1.56. The van der Waals surface area contributed by atoms with Crippen LogP contribution in [0.1, 0.15) is 53.1 Å². The van der Waals surface area contributed by atoms with E-state index in [-0.39, 0.29) is 0 Å². The molecule has 0 amide bonds. The number of rotatable bonds is 3. The van der Waals surface area contributed by atoms with Crippen molar-refractivity contribution in [3.05, 3.63) is 69.8 Å². The second-order valence-electron chi connectivity index (χ2n) is 5.94. The van der Waals surface area contributed by atoms with Gasteiger partial charge in [-0.25, -0.2) is 0 Å². The van der Waals surface area contributed by atoms with Gasteiger partial charge in [0.1, 0.15) is 0 Å². The molecule has 19 heavy (non-hydrogen) atoms. The quantitative estimate of drug-likeness (QED) is 0.693. The minimum absolute atomic E-state index is 0.607. The van der Waals surface area contributed by atoms with Gasteiger partial charge in [0.15, 0.2) is 0 Å². The summed E-state index contributed by atoms with van der Waals surface area (Å²) in [5.74, 6) is 0.607. The first-order chi connectivity index (χ1) is 8.97. The predicted molar refractivity (Wildman–Crippen MR) is 84.0 cm³/mol. The van der Waals surface area contributed by atoms with Crippen LogP contribution in [0.5, 0.6) is 0 Å². The van der Waals surface area contributed by atoms with Crippen LogP contribution < -0.4 is 0 Å². The zero-order valence-electron chi connectivity index (χ0n) is 12.7. The second kappa shape index (κ2) is 5.61. The summed E-state index contributed by atoms with van der Waals surface area (Å²) in [6.45, 7) is 11.1. The molecule has 0 aliphatic heterocycles. The Balaban J connectivity index is 2.24. The molecule has 0 aliphatic carbocycles. The van der Waals surface area contributed by atoms with Crippen molar-refractivity contribution in [1.82, 2.24) is 0 Å². The summed E-state index contributed by atoms with van der Waals surface area (Å²) in [5.41, 5.74) is 8.44. The predicted octanol–water partition coefficient (Wildman–Crippen LogP) is 5.33. The third kappa shape index (κ3) is 3.26. The molecule has 0 fully saturated rings.